The number of carbonyl (C=O) groups excluding carboxylic acids is 1. The summed E-state index contributed by atoms with van der Waals surface area (Å²) < 4.78 is 0. The second-order valence-corrected chi connectivity index (χ2v) is 7.11. The van der Waals surface area contributed by atoms with Gasteiger partial charge in [0.05, 0.1) is 0 Å². The zero-order valence-corrected chi connectivity index (χ0v) is 15.9. The molecule has 27 heavy (non-hydrogen) atoms. The van der Waals surface area contributed by atoms with Crippen LogP contribution in [0.1, 0.15) is 48.1 Å². The van der Waals surface area contributed by atoms with Crippen LogP contribution in [0.4, 0.5) is 5.69 Å². The smallest absolute Gasteiger partial charge is 0.267 e. The SMILES string of the molecule is Cc1ccc(NC(=O)/C(C#N)=C\NC(C)c2ccc3c(c2)CCCC3)cc1. The minimum absolute atomic E-state index is 0.0211. The van der Waals surface area contributed by atoms with Gasteiger partial charge in [0.15, 0.2) is 0 Å². The second kappa shape index (κ2) is 8.55. The number of nitrogens with one attached hydrogen (secondary N) is 2. The Morgan fingerprint density at radius 2 is 1.81 bits per heavy atom. The molecule has 0 fully saturated rings. The molecule has 4 nitrogen and oxygen atoms in total. The van der Waals surface area contributed by atoms with E-state index in [-0.39, 0.29) is 11.6 Å². The van der Waals surface area contributed by atoms with Crippen LogP contribution in [0.15, 0.2) is 54.2 Å². The quantitative estimate of drug-likeness (QED) is 0.607. The zero-order valence-electron chi connectivity index (χ0n) is 15.9. The molecular formula is C23H25N3O. The van der Waals surface area contributed by atoms with E-state index < -0.39 is 5.91 Å². The summed E-state index contributed by atoms with van der Waals surface area (Å²) >= 11 is 0. The molecule has 0 aliphatic heterocycles. The van der Waals surface area contributed by atoms with Crippen LogP contribution in [0.2, 0.25) is 0 Å². The van der Waals surface area contributed by atoms with E-state index in [1.165, 1.54) is 35.7 Å². The number of amides is 1. The minimum atomic E-state index is -0.411. The maximum atomic E-state index is 12.3. The number of nitriles is 1. The highest BCUT2D eigenvalue weighted by Gasteiger charge is 2.13. The van der Waals surface area contributed by atoms with Crippen LogP contribution >= 0.6 is 0 Å². The molecule has 2 aromatic rings. The van der Waals surface area contributed by atoms with E-state index in [1.807, 2.05) is 44.2 Å². The summed E-state index contributed by atoms with van der Waals surface area (Å²) in [6.45, 7) is 4.02. The maximum absolute atomic E-state index is 12.3. The van der Waals surface area contributed by atoms with Gasteiger partial charge in [0, 0.05) is 17.9 Å². The molecule has 4 heteroatoms. The second-order valence-electron chi connectivity index (χ2n) is 7.11. The van der Waals surface area contributed by atoms with Gasteiger partial charge < -0.3 is 10.6 Å². The highest BCUT2D eigenvalue weighted by atomic mass is 16.1. The lowest BCUT2D eigenvalue weighted by atomic mass is 9.89. The van der Waals surface area contributed by atoms with Crippen molar-refractivity contribution in [3.05, 3.63) is 76.5 Å². The predicted octanol–water partition coefficient (Wildman–Crippen LogP) is 4.57. The number of nitrogens with zero attached hydrogens (tertiary/aromatic N) is 1. The topological polar surface area (TPSA) is 64.9 Å². The third-order valence-electron chi connectivity index (χ3n) is 5.02. The first-order chi connectivity index (χ1) is 13.1. The Morgan fingerprint density at radius 3 is 2.52 bits per heavy atom. The van der Waals surface area contributed by atoms with Gasteiger partial charge in [-0.1, -0.05) is 35.9 Å². The Kier molecular flexibility index (Phi) is 5.93. The molecule has 0 saturated carbocycles. The van der Waals surface area contributed by atoms with Crippen molar-refractivity contribution >= 4 is 11.6 Å². The number of fused-ring (bicyclic) bond motifs is 1. The van der Waals surface area contributed by atoms with Crippen molar-refractivity contribution < 1.29 is 4.79 Å². The van der Waals surface area contributed by atoms with Crippen molar-refractivity contribution in [2.75, 3.05) is 5.32 Å². The highest BCUT2D eigenvalue weighted by molar-refractivity contribution is 6.06. The van der Waals surface area contributed by atoms with E-state index >= 15 is 0 Å². The van der Waals surface area contributed by atoms with Crippen molar-refractivity contribution in [2.45, 2.75) is 45.6 Å². The van der Waals surface area contributed by atoms with Crippen molar-refractivity contribution in [3.63, 3.8) is 0 Å². The van der Waals surface area contributed by atoms with Gasteiger partial charge in [-0.25, -0.2) is 0 Å². The van der Waals surface area contributed by atoms with Gasteiger partial charge >= 0.3 is 0 Å². The van der Waals surface area contributed by atoms with Crippen LogP contribution in [0.3, 0.4) is 0 Å². The fraction of sp³-hybridized carbons (Fsp3) is 0.304. The summed E-state index contributed by atoms with van der Waals surface area (Å²) in [5.74, 6) is -0.411. The molecule has 1 atom stereocenters. The largest absolute Gasteiger partial charge is 0.383 e. The average molecular weight is 359 g/mol. The van der Waals surface area contributed by atoms with Crippen molar-refractivity contribution in [3.8, 4) is 6.07 Å². The molecule has 0 spiro atoms. The van der Waals surface area contributed by atoms with E-state index in [4.69, 9.17) is 0 Å². The van der Waals surface area contributed by atoms with Gasteiger partial charge in [-0.05, 0) is 68.4 Å². The Balaban J connectivity index is 1.66. The van der Waals surface area contributed by atoms with Crippen LogP contribution in [0, 0.1) is 18.3 Å². The number of rotatable bonds is 5. The van der Waals surface area contributed by atoms with Crippen LogP contribution in [-0.2, 0) is 17.6 Å². The molecule has 0 radical (unpaired) electrons. The van der Waals surface area contributed by atoms with E-state index in [0.29, 0.717) is 5.69 Å². The molecule has 1 unspecified atom stereocenters. The van der Waals surface area contributed by atoms with Crippen LogP contribution in [0.5, 0.6) is 0 Å². The van der Waals surface area contributed by atoms with Gasteiger partial charge in [-0.2, -0.15) is 5.26 Å². The zero-order chi connectivity index (χ0) is 19.2. The molecule has 0 bridgehead atoms. The highest BCUT2D eigenvalue weighted by Crippen LogP contribution is 2.24. The monoisotopic (exact) mass is 359 g/mol. The summed E-state index contributed by atoms with van der Waals surface area (Å²) in [5.41, 5.74) is 5.89. The minimum Gasteiger partial charge on any atom is -0.383 e. The predicted molar refractivity (Wildman–Crippen MR) is 108 cm³/mol. The molecular weight excluding hydrogens is 334 g/mol. The molecule has 1 amide bonds. The lowest BCUT2D eigenvalue weighted by molar-refractivity contribution is -0.112. The number of hydrogen-bond donors (Lipinski definition) is 2. The van der Waals surface area contributed by atoms with Crippen LogP contribution < -0.4 is 10.6 Å². The number of aryl methyl sites for hydroxylation is 3. The Hall–Kier alpha value is -3.06. The molecule has 1 aliphatic carbocycles. The molecule has 2 aromatic carbocycles. The Labute approximate surface area is 160 Å². The number of benzene rings is 2. The van der Waals surface area contributed by atoms with Gasteiger partial charge in [0.25, 0.3) is 5.91 Å². The van der Waals surface area contributed by atoms with E-state index in [0.717, 1.165) is 18.4 Å². The summed E-state index contributed by atoms with van der Waals surface area (Å²) in [4.78, 5) is 12.3. The standard InChI is InChI=1S/C23H25N3O/c1-16-7-11-22(12-8-16)26-23(27)21(14-24)15-25-17(2)19-10-9-18-5-3-4-6-20(18)13-19/h7-13,15,17,25H,3-6H2,1-2H3,(H,26,27)/b21-15-. The lowest BCUT2D eigenvalue weighted by Gasteiger charge is -2.19. The maximum Gasteiger partial charge on any atom is 0.267 e. The molecule has 1 aliphatic rings. The molecule has 3 rings (SSSR count). The molecule has 2 N–H and O–H groups in total. The first-order valence-corrected chi connectivity index (χ1v) is 9.43. The summed E-state index contributed by atoms with van der Waals surface area (Å²) in [7, 11) is 0. The van der Waals surface area contributed by atoms with E-state index in [2.05, 4.69) is 28.8 Å². The number of anilines is 1. The number of hydrogen-bond acceptors (Lipinski definition) is 3. The van der Waals surface area contributed by atoms with Crippen LogP contribution in [-0.4, -0.2) is 5.91 Å². The van der Waals surface area contributed by atoms with Gasteiger partial charge in [0.1, 0.15) is 11.6 Å². The number of carbonyl (C=O) groups is 1. The lowest BCUT2D eigenvalue weighted by Crippen LogP contribution is -2.19. The normalized spacial score (nSPS) is 14.6. The Morgan fingerprint density at radius 1 is 1.11 bits per heavy atom. The van der Waals surface area contributed by atoms with Gasteiger partial charge in [-0.15, -0.1) is 0 Å². The average Bonchev–Trinajstić information content (AvgIpc) is 2.69. The fourth-order valence-electron chi connectivity index (χ4n) is 3.31. The fourth-order valence-corrected chi connectivity index (χ4v) is 3.31. The van der Waals surface area contributed by atoms with E-state index in [1.54, 1.807) is 0 Å². The van der Waals surface area contributed by atoms with Gasteiger partial charge in [0.2, 0.25) is 0 Å². The molecule has 138 valence electrons. The van der Waals surface area contributed by atoms with Crippen molar-refractivity contribution in [1.82, 2.24) is 5.32 Å². The third kappa shape index (κ3) is 4.77. The third-order valence-corrected chi connectivity index (χ3v) is 5.02. The van der Waals surface area contributed by atoms with Crippen molar-refractivity contribution in [2.24, 2.45) is 0 Å². The molecule has 0 saturated heterocycles. The first kappa shape index (κ1) is 18.7. The summed E-state index contributed by atoms with van der Waals surface area (Å²) in [6.07, 6.45) is 6.32. The molecule has 0 heterocycles. The van der Waals surface area contributed by atoms with E-state index in [9.17, 15) is 10.1 Å². The van der Waals surface area contributed by atoms with Gasteiger partial charge in [-0.3, -0.25) is 4.79 Å². The molecule has 0 aromatic heterocycles. The van der Waals surface area contributed by atoms with Crippen molar-refractivity contribution in [1.29, 1.82) is 5.26 Å². The van der Waals surface area contributed by atoms with Crippen LogP contribution in [0.25, 0.3) is 0 Å². The summed E-state index contributed by atoms with van der Waals surface area (Å²) in [6, 6.07) is 16.1. The summed E-state index contributed by atoms with van der Waals surface area (Å²) in [5, 5.41) is 15.3. The first-order valence-electron chi connectivity index (χ1n) is 9.43. The Bertz CT molecular complexity index is 891.